The van der Waals surface area contributed by atoms with E-state index in [9.17, 15) is 13.2 Å². The van der Waals surface area contributed by atoms with Crippen LogP contribution in [0.5, 0.6) is 5.75 Å². The Morgan fingerprint density at radius 1 is 1.02 bits per heavy atom. The van der Waals surface area contributed by atoms with Crippen LogP contribution in [0.2, 0.25) is 5.02 Å². The molecule has 1 saturated heterocycles. The molecule has 0 spiro atoms. The predicted octanol–water partition coefficient (Wildman–Crippen LogP) is 5.62. The van der Waals surface area contributed by atoms with E-state index in [1.807, 2.05) is 44.4 Å². The predicted molar refractivity (Wildman–Crippen MR) is 196 cm³/mol. The van der Waals surface area contributed by atoms with Crippen molar-refractivity contribution in [2.75, 3.05) is 70.6 Å². The topological polar surface area (TPSA) is 91.4 Å². The van der Waals surface area contributed by atoms with E-state index >= 15 is 0 Å². The molecule has 9 nitrogen and oxygen atoms in total. The van der Waals surface area contributed by atoms with Crippen molar-refractivity contribution >= 4 is 33.2 Å². The molecule has 1 aliphatic carbocycles. The maximum atomic E-state index is 13.5. The summed E-state index contributed by atoms with van der Waals surface area (Å²) >= 11 is 6.39. The number of aryl methyl sites for hydroxylation is 1. The number of piperazine rings is 1. The number of methoxy groups -OCH3 is 1. The van der Waals surface area contributed by atoms with E-state index in [0.29, 0.717) is 23.8 Å². The number of anilines is 1. The van der Waals surface area contributed by atoms with Crippen molar-refractivity contribution in [2.45, 2.75) is 58.2 Å². The molecule has 5 atom stereocenters. The van der Waals surface area contributed by atoms with Gasteiger partial charge < -0.3 is 19.3 Å². The Labute approximate surface area is 298 Å². The lowest BCUT2D eigenvalue weighted by atomic mass is 9.63. The molecule has 2 aromatic carbocycles. The molecule has 0 aromatic heterocycles. The van der Waals surface area contributed by atoms with Gasteiger partial charge in [0, 0.05) is 63.5 Å². The summed E-state index contributed by atoms with van der Waals surface area (Å²) in [6.07, 6.45) is 9.40. The van der Waals surface area contributed by atoms with Crippen molar-refractivity contribution in [1.29, 1.82) is 0 Å². The highest BCUT2D eigenvalue weighted by Gasteiger charge is 2.48. The molecule has 2 fully saturated rings. The quantitative estimate of drug-likeness (QED) is 0.411. The minimum Gasteiger partial charge on any atom is -0.487 e. The number of rotatable bonds is 3. The van der Waals surface area contributed by atoms with Gasteiger partial charge in [0.2, 0.25) is 10.0 Å². The Bertz CT molecular complexity index is 1630. The van der Waals surface area contributed by atoms with Crippen molar-refractivity contribution < 1.29 is 22.7 Å². The molecule has 3 aliphatic heterocycles. The number of carbonyl (C=O) groups excluding carboxylic acids is 1. The zero-order valence-electron chi connectivity index (χ0n) is 29.5. The first-order chi connectivity index (χ1) is 23.4. The zero-order valence-corrected chi connectivity index (χ0v) is 31.1. The summed E-state index contributed by atoms with van der Waals surface area (Å²) in [5.74, 6) is 0.311. The second kappa shape index (κ2) is 15.3. The second-order valence-corrected chi connectivity index (χ2v) is 17.1. The number of carbonyl (C=O) groups is 1. The third kappa shape index (κ3) is 8.47. The van der Waals surface area contributed by atoms with E-state index in [-0.39, 0.29) is 23.5 Å². The van der Waals surface area contributed by atoms with Crippen molar-refractivity contribution in [2.24, 2.45) is 23.7 Å². The Hall–Kier alpha value is -2.63. The molecule has 6 rings (SSSR count). The SMILES string of the molecule is CO[C@]1(CN2CCN(C)CC2)/C=C/[C@H](C)[C@H](C)CS(=O)(=O)NC(=O)c2ccc3c(c2)N(CCCCc2cc(Cl)ccc2CO3)C[C@@H]2CC[C@H]21. The lowest BCUT2D eigenvalue weighted by molar-refractivity contribution is -0.0950. The summed E-state index contributed by atoms with van der Waals surface area (Å²) < 4.78 is 42.1. The van der Waals surface area contributed by atoms with Crippen LogP contribution in [0.1, 0.15) is 61.0 Å². The standard InChI is InChI=1S/C38H53ClN4O5S/c1-27-14-15-38(47-4,26-42-19-17-41(3)18-20-42)34-12-9-31(34)23-43-16-6-5-7-29-21-33(39)11-8-32(29)24-48-36-13-10-30(22-35(36)43)37(44)40-49(45,46)25-28(27)2/h8,10-11,13-15,21-22,27-28,31,34H,5-7,9,12,16-20,23-26H2,1-4H3,(H,40,44)/b15-14+/t27-,28+,31-,34+,38-/m0/s1. The summed E-state index contributed by atoms with van der Waals surface area (Å²) in [5, 5.41) is 0.720. The lowest BCUT2D eigenvalue weighted by Gasteiger charge is -2.52. The van der Waals surface area contributed by atoms with E-state index in [1.165, 1.54) is 5.56 Å². The Kier molecular flexibility index (Phi) is 11.3. The van der Waals surface area contributed by atoms with E-state index in [4.69, 9.17) is 21.1 Å². The monoisotopic (exact) mass is 712 g/mol. The molecule has 2 aromatic rings. The molecule has 3 heterocycles. The van der Waals surface area contributed by atoms with Crippen LogP contribution in [0.4, 0.5) is 5.69 Å². The average molecular weight is 713 g/mol. The molecule has 4 aliphatic rings. The maximum Gasteiger partial charge on any atom is 0.264 e. The number of nitrogens with zero attached hydrogens (tertiary/aromatic N) is 3. The summed E-state index contributed by atoms with van der Waals surface area (Å²) in [4.78, 5) is 20.8. The molecule has 268 valence electrons. The molecule has 2 bridgehead atoms. The summed E-state index contributed by atoms with van der Waals surface area (Å²) in [6.45, 7) is 10.8. The summed E-state index contributed by atoms with van der Waals surface area (Å²) in [5.41, 5.74) is 2.90. The smallest absolute Gasteiger partial charge is 0.264 e. The van der Waals surface area contributed by atoms with E-state index in [1.54, 1.807) is 6.07 Å². The molecule has 1 amide bonds. The van der Waals surface area contributed by atoms with Gasteiger partial charge in [0.05, 0.1) is 11.4 Å². The Balaban J connectivity index is 1.39. The fourth-order valence-corrected chi connectivity index (χ4v) is 9.64. The van der Waals surface area contributed by atoms with Crippen LogP contribution in [-0.4, -0.2) is 95.4 Å². The van der Waals surface area contributed by atoms with Gasteiger partial charge >= 0.3 is 0 Å². The second-order valence-electron chi connectivity index (χ2n) is 14.9. The van der Waals surface area contributed by atoms with Crippen LogP contribution >= 0.6 is 11.6 Å². The highest BCUT2D eigenvalue weighted by atomic mass is 35.5. The highest BCUT2D eigenvalue weighted by Crippen LogP contribution is 2.47. The molecule has 1 N–H and O–H groups in total. The van der Waals surface area contributed by atoms with Gasteiger partial charge in [0.15, 0.2) is 0 Å². The molecule has 0 unspecified atom stereocenters. The summed E-state index contributed by atoms with van der Waals surface area (Å²) in [7, 11) is 0.122. The minimum absolute atomic E-state index is 0.0341. The average Bonchev–Trinajstić information content (AvgIpc) is 3.08. The van der Waals surface area contributed by atoms with Crippen LogP contribution < -0.4 is 14.4 Å². The van der Waals surface area contributed by atoms with E-state index in [2.05, 4.69) is 45.5 Å². The molecular formula is C38H53ClN4O5S. The molecule has 11 heteroatoms. The van der Waals surface area contributed by atoms with Crippen LogP contribution in [0.15, 0.2) is 48.6 Å². The first-order valence-electron chi connectivity index (χ1n) is 17.9. The van der Waals surface area contributed by atoms with E-state index < -0.39 is 21.5 Å². The number of likely N-dealkylation sites (N-methyl/N-ethyl adjacent to an activating group) is 1. The summed E-state index contributed by atoms with van der Waals surface area (Å²) in [6, 6.07) is 11.3. The van der Waals surface area contributed by atoms with Crippen LogP contribution in [0.25, 0.3) is 0 Å². The molecule has 49 heavy (non-hydrogen) atoms. The van der Waals surface area contributed by atoms with Crippen molar-refractivity contribution in [3.05, 3.63) is 70.3 Å². The fraction of sp³-hybridized carbons (Fsp3) is 0.605. The number of halogens is 1. The van der Waals surface area contributed by atoms with Crippen LogP contribution in [0.3, 0.4) is 0 Å². The largest absolute Gasteiger partial charge is 0.487 e. The Morgan fingerprint density at radius 2 is 1.82 bits per heavy atom. The van der Waals surface area contributed by atoms with Crippen molar-refractivity contribution in [3.63, 3.8) is 0 Å². The van der Waals surface area contributed by atoms with Crippen LogP contribution in [0, 0.1) is 23.7 Å². The first-order valence-corrected chi connectivity index (χ1v) is 20.0. The van der Waals surface area contributed by atoms with Gasteiger partial charge in [0.25, 0.3) is 5.91 Å². The minimum atomic E-state index is -3.89. The van der Waals surface area contributed by atoms with Gasteiger partial charge in [-0.05, 0) is 104 Å². The number of hydrogen-bond donors (Lipinski definition) is 1. The van der Waals surface area contributed by atoms with Crippen molar-refractivity contribution in [1.82, 2.24) is 14.5 Å². The number of fused-ring (bicyclic) bond motifs is 3. The van der Waals surface area contributed by atoms with Crippen molar-refractivity contribution in [3.8, 4) is 5.75 Å². The number of sulfonamides is 1. The maximum absolute atomic E-state index is 13.5. The van der Waals surface area contributed by atoms with Gasteiger partial charge in [-0.25, -0.2) is 13.1 Å². The third-order valence-electron chi connectivity index (χ3n) is 11.5. The van der Waals surface area contributed by atoms with Gasteiger partial charge in [-0.15, -0.1) is 0 Å². The molecule has 0 radical (unpaired) electrons. The number of benzene rings is 2. The first kappa shape index (κ1) is 36.2. The van der Waals surface area contributed by atoms with Gasteiger partial charge in [-0.1, -0.05) is 43.7 Å². The van der Waals surface area contributed by atoms with E-state index in [0.717, 1.165) is 94.2 Å². The number of ether oxygens (including phenoxy) is 2. The normalized spacial score (nSPS) is 30.8. The van der Waals surface area contributed by atoms with Gasteiger partial charge in [0.1, 0.15) is 18.0 Å². The third-order valence-corrected chi connectivity index (χ3v) is 13.2. The molecular weight excluding hydrogens is 660 g/mol. The molecule has 1 saturated carbocycles. The fourth-order valence-electron chi connectivity index (χ4n) is 7.97. The number of nitrogens with one attached hydrogen (secondary N) is 1. The number of allylic oxidation sites excluding steroid dienone is 1. The van der Waals surface area contributed by atoms with Gasteiger partial charge in [-0.2, -0.15) is 0 Å². The number of hydrogen-bond acceptors (Lipinski definition) is 8. The highest BCUT2D eigenvalue weighted by molar-refractivity contribution is 7.90. The zero-order chi connectivity index (χ0) is 34.8. The Morgan fingerprint density at radius 3 is 2.55 bits per heavy atom. The lowest BCUT2D eigenvalue weighted by Crippen LogP contribution is -2.58. The van der Waals surface area contributed by atoms with Crippen LogP contribution in [-0.2, 0) is 27.8 Å². The number of amides is 1. The van der Waals surface area contributed by atoms with Gasteiger partial charge in [-0.3, -0.25) is 9.69 Å².